The molecular formula is C16H18ClN3O. The smallest absolute Gasteiger partial charge is 0.224 e. The van der Waals surface area contributed by atoms with Gasteiger partial charge in [0.1, 0.15) is 0 Å². The third kappa shape index (κ3) is 4.46. The van der Waals surface area contributed by atoms with Crippen molar-refractivity contribution in [2.24, 2.45) is 0 Å². The molecule has 0 unspecified atom stereocenters. The van der Waals surface area contributed by atoms with Crippen molar-refractivity contribution in [1.29, 1.82) is 0 Å². The molecule has 0 saturated carbocycles. The molecule has 0 atom stereocenters. The molecule has 2 rings (SSSR count). The van der Waals surface area contributed by atoms with E-state index in [2.05, 4.69) is 15.6 Å². The van der Waals surface area contributed by atoms with Crippen molar-refractivity contribution in [3.63, 3.8) is 0 Å². The Balaban J connectivity index is 2.06. The number of pyridine rings is 1. The molecule has 0 saturated heterocycles. The molecule has 5 heteroatoms. The van der Waals surface area contributed by atoms with Crippen LogP contribution in [0.15, 0.2) is 36.5 Å². The van der Waals surface area contributed by atoms with Crippen LogP contribution in [0.1, 0.15) is 24.6 Å². The van der Waals surface area contributed by atoms with Gasteiger partial charge in [0.15, 0.2) is 0 Å². The molecule has 1 aromatic carbocycles. The molecule has 1 amide bonds. The van der Waals surface area contributed by atoms with E-state index in [0.29, 0.717) is 18.0 Å². The minimum atomic E-state index is -0.0222. The number of amides is 1. The molecule has 0 fully saturated rings. The van der Waals surface area contributed by atoms with Crippen molar-refractivity contribution < 1.29 is 4.79 Å². The molecule has 2 N–H and O–H groups in total. The van der Waals surface area contributed by atoms with Crippen molar-refractivity contribution in [3.8, 4) is 0 Å². The molecule has 110 valence electrons. The lowest BCUT2D eigenvalue weighted by Gasteiger charge is -2.11. The molecule has 2 aromatic rings. The van der Waals surface area contributed by atoms with Crippen LogP contribution in [0, 0.1) is 6.92 Å². The van der Waals surface area contributed by atoms with E-state index in [1.807, 2.05) is 38.2 Å². The van der Waals surface area contributed by atoms with Gasteiger partial charge < -0.3 is 10.6 Å². The summed E-state index contributed by atoms with van der Waals surface area (Å²) in [6.07, 6.45) is 2.28. The summed E-state index contributed by atoms with van der Waals surface area (Å²) in [7, 11) is 0. The predicted molar refractivity (Wildman–Crippen MR) is 86.7 cm³/mol. The quantitative estimate of drug-likeness (QED) is 0.877. The van der Waals surface area contributed by atoms with Gasteiger partial charge in [-0.1, -0.05) is 24.6 Å². The Morgan fingerprint density at radius 3 is 2.76 bits per heavy atom. The minimum Gasteiger partial charge on any atom is -0.380 e. The third-order valence-electron chi connectivity index (χ3n) is 3.03. The number of aromatic nitrogens is 1. The molecule has 1 heterocycles. The van der Waals surface area contributed by atoms with Gasteiger partial charge in [-0.3, -0.25) is 9.78 Å². The highest BCUT2D eigenvalue weighted by atomic mass is 35.5. The molecule has 0 spiro atoms. The zero-order valence-corrected chi connectivity index (χ0v) is 12.9. The second-order valence-electron chi connectivity index (χ2n) is 4.76. The number of benzene rings is 1. The van der Waals surface area contributed by atoms with Crippen LogP contribution in [0.3, 0.4) is 0 Å². The summed E-state index contributed by atoms with van der Waals surface area (Å²) in [5.41, 5.74) is 3.57. The highest BCUT2D eigenvalue weighted by Crippen LogP contribution is 2.26. The Labute approximate surface area is 129 Å². The minimum absolute atomic E-state index is 0.0222. The summed E-state index contributed by atoms with van der Waals surface area (Å²) in [5, 5.41) is 6.69. The monoisotopic (exact) mass is 303 g/mol. The Kier molecular flexibility index (Phi) is 5.17. The third-order valence-corrected chi connectivity index (χ3v) is 3.36. The first-order valence-corrected chi connectivity index (χ1v) is 7.21. The van der Waals surface area contributed by atoms with E-state index in [4.69, 9.17) is 11.6 Å². The van der Waals surface area contributed by atoms with Gasteiger partial charge in [0.25, 0.3) is 0 Å². The summed E-state index contributed by atoms with van der Waals surface area (Å²) in [5.74, 6) is -0.0222. The van der Waals surface area contributed by atoms with Crippen molar-refractivity contribution in [1.82, 2.24) is 4.98 Å². The van der Waals surface area contributed by atoms with E-state index in [9.17, 15) is 4.79 Å². The fourth-order valence-corrected chi connectivity index (χ4v) is 1.97. The fourth-order valence-electron chi connectivity index (χ4n) is 1.79. The molecule has 0 aliphatic carbocycles. The number of aryl methyl sites for hydroxylation is 1. The number of carbonyl (C=O) groups excluding carboxylic acids is 1. The average Bonchev–Trinajstić information content (AvgIpc) is 2.49. The Morgan fingerprint density at radius 2 is 2.10 bits per heavy atom. The predicted octanol–water partition coefficient (Wildman–Crippen LogP) is 4.00. The molecule has 0 bridgehead atoms. The van der Waals surface area contributed by atoms with Crippen molar-refractivity contribution in [2.45, 2.75) is 26.8 Å². The lowest BCUT2D eigenvalue weighted by atomic mass is 10.2. The highest BCUT2D eigenvalue weighted by molar-refractivity contribution is 6.33. The maximum Gasteiger partial charge on any atom is 0.224 e. The van der Waals surface area contributed by atoms with Gasteiger partial charge >= 0.3 is 0 Å². The lowest BCUT2D eigenvalue weighted by molar-refractivity contribution is -0.115. The number of hydrogen-bond donors (Lipinski definition) is 2. The van der Waals surface area contributed by atoms with E-state index in [1.165, 1.54) is 0 Å². The number of rotatable bonds is 5. The average molecular weight is 304 g/mol. The van der Waals surface area contributed by atoms with Crippen LogP contribution in [0.25, 0.3) is 0 Å². The van der Waals surface area contributed by atoms with Crippen molar-refractivity contribution in [3.05, 3.63) is 52.8 Å². The van der Waals surface area contributed by atoms with Crippen molar-refractivity contribution in [2.75, 3.05) is 10.6 Å². The first kappa shape index (κ1) is 15.3. The largest absolute Gasteiger partial charge is 0.380 e. The van der Waals surface area contributed by atoms with Crippen LogP contribution in [0.5, 0.6) is 0 Å². The zero-order valence-electron chi connectivity index (χ0n) is 12.1. The molecule has 4 nitrogen and oxygen atoms in total. The topological polar surface area (TPSA) is 54.0 Å². The molecular weight excluding hydrogens is 286 g/mol. The maximum atomic E-state index is 11.4. The second-order valence-corrected chi connectivity index (χ2v) is 5.16. The van der Waals surface area contributed by atoms with E-state index < -0.39 is 0 Å². The number of hydrogen-bond acceptors (Lipinski definition) is 3. The molecule has 0 radical (unpaired) electrons. The first-order chi connectivity index (χ1) is 10.1. The van der Waals surface area contributed by atoms with Gasteiger partial charge in [0.05, 0.1) is 10.7 Å². The number of carbonyl (C=O) groups is 1. The number of nitrogens with zero attached hydrogens (tertiary/aromatic N) is 1. The van der Waals surface area contributed by atoms with Crippen LogP contribution in [0.2, 0.25) is 5.02 Å². The molecule has 0 aliphatic heterocycles. The van der Waals surface area contributed by atoms with Crippen LogP contribution < -0.4 is 10.6 Å². The molecule has 0 aliphatic rings. The molecule has 21 heavy (non-hydrogen) atoms. The summed E-state index contributed by atoms with van der Waals surface area (Å²) in [6, 6.07) is 9.37. The fraction of sp³-hybridized carbons (Fsp3) is 0.250. The van der Waals surface area contributed by atoms with Crippen LogP contribution in [-0.4, -0.2) is 10.9 Å². The van der Waals surface area contributed by atoms with Crippen LogP contribution >= 0.6 is 11.6 Å². The number of nitrogens with one attached hydrogen (secondary N) is 2. The summed E-state index contributed by atoms with van der Waals surface area (Å²) >= 11 is 6.17. The van der Waals surface area contributed by atoms with Gasteiger partial charge in [0.2, 0.25) is 5.91 Å². The summed E-state index contributed by atoms with van der Waals surface area (Å²) in [4.78, 5) is 15.7. The van der Waals surface area contributed by atoms with Gasteiger partial charge in [-0.2, -0.15) is 0 Å². The Morgan fingerprint density at radius 1 is 1.29 bits per heavy atom. The standard InChI is InChI=1S/C16H18ClN3O/c1-3-16(21)20-13-6-7-14(17)15(8-13)19-10-12-5-4-11(2)18-9-12/h4-9,19H,3,10H2,1-2H3,(H,20,21). The number of halogens is 1. The van der Waals surface area contributed by atoms with E-state index in [0.717, 1.165) is 22.6 Å². The van der Waals surface area contributed by atoms with Crippen LogP contribution in [-0.2, 0) is 11.3 Å². The highest BCUT2D eigenvalue weighted by Gasteiger charge is 2.04. The second kappa shape index (κ2) is 7.09. The van der Waals surface area contributed by atoms with E-state index in [1.54, 1.807) is 12.1 Å². The normalized spacial score (nSPS) is 10.2. The lowest BCUT2D eigenvalue weighted by Crippen LogP contribution is -2.10. The van der Waals surface area contributed by atoms with Gasteiger partial charge in [-0.15, -0.1) is 0 Å². The van der Waals surface area contributed by atoms with E-state index in [-0.39, 0.29) is 5.91 Å². The van der Waals surface area contributed by atoms with Crippen LogP contribution in [0.4, 0.5) is 11.4 Å². The zero-order chi connectivity index (χ0) is 15.2. The summed E-state index contributed by atoms with van der Waals surface area (Å²) < 4.78 is 0. The maximum absolute atomic E-state index is 11.4. The number of anilines is 2. The van der Waals surface area contributed by atoms with E-state index >= 15 is 0 Å². The molecule has 1 aromatic heterocycles. The summed E-state index contributed by atoms with van der Waals surface area (Å²) in [6.45, 7) is 4.39. The van der Waals surface area contributed by atoms with Gasteiger partial charge in [0, 0.05) is 30.5 Å². The van der Waals surface area contributed by atoms with Gasteiger partial charge in [-0.05, 0) is 36.8 Å². The Bertz CT molecular complexity index is 626. The van der Waals surface area contributed by atoms with Crippen molar-refractivity contribution >= 4 is 28.9 Å². The SMILES string of the molecule is CCC(=O)Nc1ccc(Cl)c(NCc2ccc(C)nc2)c1. The Hall–Kier alpha value is -2.07. The first-order valence-electron chi connectivity index (χ1n) is 6.83. The van der Waals surface area contributed by atoms with Gasteiger partial charge in [-0.25, -0.2) is 0 Å².